The summed E-state index contributed by atoms with van der Waals surface area (Å²) in [5.74, 6) is 0.581. The van der Waals surface area contributed by atoms with Crippen LogP contribution in [-0.4, -0.2) is 11.8 Å². The molecule has 4 nitrogen and oxygen atoms in total. The predicted molar refractivity (Wildman–Crippen MR) is 63.8 cm³/mol. The average Bonchev–Trinajstić information content (AvgIpc) is 3.05. The maximum Gasteiger partial charge on any atom is 0.198 e. The van der Waals surface area contributed by atoms with Crippen LogP contribution in [-0.2, 0) is 10.3 Å². The minimum atomic E-state index is -0.573. The Morgan fingerprint density at radius 1 is 1.35 bits per heavy atom. The van der Waals surface area contributed by atoms with Crippen LogP contribution in [0.15, 0.2) is 28.8 Å². The molecule has 1 unspecified atom stereocenters. The van der Waals surface area contributed by atoms with E-state index < -0.39 is 5.60 Å². The van der Waals surface area contributed by atoms with Crippen molar-refractivity contribution in [3.63, 3.8) is 0 Å². The molecule has 88 valence electrons. The molecule has 2 N–H and O–H groups in total. The van der Waals surface area contributed by atoms with E-state index >= 15 is 0 Å². The number of nitrogens with zero attached hydrogens (tertiary/aromatic N) is 1. The zero-order chi connectivity index (χ0) is 12.0. The predicted octanol–water partition coefficient (Wildman–Crippen LogP) is 2.49. The molecule has 1 saturated heterocycles. The Morgan fingerprint density at radius 2 is 2.00 bits per heavy atom. The van der Waals surface area contributed by atoms with Crippen LogP contribution in [0.3, 0.4) is 0 Å². The van der Waals surface area contributed by atoms with Gasteiger partial charge in [-0.25, -0.2) is 0 Å². The summed E-state index contributed by atoms with van der Waals surface area (Å²) in [7, 11) is 0. The molecule has 1 atom stereocenters. The molecule has 5 heteroatoms. The Morgan fingerprint density at radius 3 is 2.47 bits per heavy atom. The number of nitrogen functional groups attached to an aromatic ring is 1. The highest BCUT2D eigenvalue weighted by molar-refractivity contribution is 6.30. The highest BCUT2D eigenvalue weighted by atomic mass is 35.5. The number of nitrogens with two attached hydrogens (primary N) is 1. The van der Waals surface area contributed by atoms with Crippen molar-refractivity contribution in [3.8, 4) is 0 Å². The number of benzene rings is 1. The van der Waals surface area contributed by atoms with Crippen molar-refractivity contribution in [2.45, 2.75) is 12.5 Å². The number of epoxide rings is 1. The Labute approximate surface area is 103 Å². The highest BCUT2D eigenvalue weighted by Gasteiger charge is 2.53. The SMILES string of the molecule is Cc1noc(C2(c3ccc(Cl)cc3)CO2)c1N. The number of anilines is 1. The Bertz CT molecular complexity index is 558. The van der Waals surface area contributed by atoms with Crippen LogP contribution in [0.1, 0.15) is 17.0 Å². The van der Waals surface area contributed by atoms with Crippen LogP contribution in [0.2, 0.25) is 5.02 Å². The van der Waals surface area contributed by atoms with Crippen LogP contribution in [0.4, 0.5) is 5.69 Å². The first kappa shape index (κ1) is 10.6. The minimum Gasteiger partial charge on any atom is -0.394 e. The number of halogens is 1. The Hall–Kier alpha value is -1.52. The smallest absolute Gasteiger partial charge is 0.198 e. The monoisotopic (exact) mass is 250 g/mol. The zero-order valence-corrected chi connectivity index (χ0v) is 9.99. The van der Waals surface area contributed by atoms with Crippen molar-refractivity contribution in [3.05, 3.63) is 46.3 Å². The maximum atomic E-state index is 5.93. The van der Waals surface area contributed by atoms with Gasteiger partial charge in [0.15, 0.2) is 11.4 Å². The van der Waals surface area contributed by atoms with Gasteiger partial charge in [0.2, 0.25) is 0 Å². The van der Waals surface area contributed by atoms with E-state index in [0.29, 0.717) is 28.8 Å². The summed E-state index contributed by atoms with van der Waals surface area (Å²) in [5.41, 5.74) is 7.57. The van der Waals surface area contributed by atoms with Gasteiger partial charge in [-0.2, -0.15) is 0 Å². The van der Waals surface area contributed by atoms with Crippen molar-refractivity contribution >= 4 is 17.3 Å². The fourth-order valence-corrected chi connectivity index (χ4v) is 2.01. The number of aryl methyl sites for hydroxylation is 1. The van der Waals surface area contributed by atoms with Crippen LogP contribution in [0, 0.1) is 6.92 Å². The lowest BCUT2D eigenvalue weighted by atomic mass is 9.96. The summed E-state index contributed by atoms with van der Waals surface area (Å²) in [5, 5.41) is 4.55. The first-order valence-electron chi connectivity index (χ1n) is 5.26. The summed E-state index contributed by atoms with van der Waals surface area (Å²) in [6.45, 7) is 2.35. The summed E-state index contributed by atoms with van der Waals surface area (Å²) >= 11 is 5.86. The van der Waals surface area contributed by atoms with Crippen LogP contribution in [0.5, 0.6) is 0 Å². The van der Waals surface area contributed by atoms with Gasteiger partial charge in [-0.05, 0) is 24.6 Å². The first-order valence-corrected chi connectivity index (χ1v) is 5.63. The summed E-state index contributed by atoms with van der Waals surface area (Å²) in [4.78, 5) is 0. The number of aromatic nitrogens is 1. The second-order valence-corrected chi connectivity index (χ2v) is 4.57. The molecule has 0 aliphatic carbocycles. The number of hydrogen-bond acceptors (Lipinski definition) is 4. The van der Waals surface area contributed by atoms with E-state index in [0.717, 1.165) is 5.56 Å². The van der Waals surface area contributed by atoms with E-state index in [1.165, 1.54) is 0 Å². The van der Waals surface area contributed by atoms with Gasteiger partial charge >= 0.3 is 0 Å². The third-order valence-electron chi connectivity index (χ3n) is 3.02. The van der Waals surface area contributed by atoms with E-state index in [2.05, 4.69) is 5.16 Å². The summed E-state index contributed by atoms with van der Waals surface area (Å²) in [6.07, 6.45) is 0. The van der Waals surface area contributed by atoms with Crippen LogP contribution >= 0.6 is 11.6 Å². The maximum absolute atomic E-state index is 5.93. The molecule has 1 aliphatic heterocycles. The molecule has 0 bridgehead atoms. The number of hydrogen-bond donors (Lipinski definition) is 1. The van der Waals surface area contributed by atoms with Crippen LogP contribution < -0.4 is 5.73 Å². The van der Waals surface area contributed by atoms with E-state index in [1.807, 2.05) is 24.3 Å². The lowest BCUT2D eigenvalue weighted by Gasteiger charge is -2.09. The van der Waals surface area contributed by atoms with Crippen molar-refractivity contribution < 1.29 is 9.26 Å². The van der Waals surface area contributed by atoms with Crippen LogP contribution in [0.25, 0.3) is 0 Å². The molecule has 1 aromatic carbocycles. The second-order valence-electron chi connectivity index (χ2n) is 4.13. The topological polar surface area (TPSA) is 64.6 Å². The molecule has 0 spiro atoms. The normalized spacial score (nSPS) is 22.7. The van der Waals surface area contributed by atoms with Gasteiger partial charge < -0.3 is 15.0 Å². The summed E-state index contributed by atoms with van der Waals surface area (Å²) < 4.78 is 10.8. The summed E-state index contributed by atoms with van der Waals surface area (Å²) in [6, 6.07) is 7.46. The minimum absolute atomic E-state index is 0.549. The third kappa shape index (κ3) is 1.52. The van der Waals surface area contributed by atoms with Gasteiger partial charge in [0, 0.05) is 5.02 Å². The van der Waals surface area contributed by atoms with Crippen molar-refractivity contribution in [1.29, 1.82) is 0 Å². The first-order chi connectivity index (χ1) is 8.13. The molecule has 2 aromatic rings. The molecule has 1 fully saturated rings. The largest absolute Gasteiger partial charge is 0.394 e. The molecule has 1 aromatic heterocycles. The van der Waals surface area contributed by atoms with Gasteiger partial charge in [-0.1, -0.05) is 28.9 Å². The van der Waals surface area contributed by atoms with E-state index in [9.17, 15) is 0 Å². The van der Waals surface area contributed by atoms with Gasteiger partial charge in [-0.15, -0.1) is 0 Å². The molecular weight excluding hydrogens is 240 g/mol. The van der Waals surface area contributed by atoms with Gasteiger partial charge in [0.1, 0.15) is 11.4 Å². The van der Waals surface area contributed by atoms with Crippen molar-refractivity contribution in [2.24, 2.45) is 0 Å². The van der Waals surface area contributed by atoms with E-state index in [4.69, 9.17) is 26.6 Å². The van der Waals surface area contributed by atoms with Crippen molar-refractivity contribution in [2.75, 3.05) is 12.3 Å². The lowest BCUT2D eigenvalue weighted by molar-refractivity contribution is 0.274. The van der Waals surface area contributed by atoms with E-state index in [-0.39, 0.29) is 0 Å². The zero-order valence-electron chi connectivity index (χ0n) is 9.24. The van der Waals surface area contributed by atoms with Gasteiger partial charge in [0.25, 0.3) is 0 Å². The van der Waals surface area contributed by atoms with Gasteiger partial charge in [0.05, 0.1) is 6.61 Å². The van der Waals surface area contributed by atoms with Crippen molar-refractivity contribution in [1.82, 2.24) is 5.16 Å². The highest BCUT2D eigenvalue weighted by Crippen LogP contribution is 2.47. The second kappa shape index (κ2) is 3.48. The molecule has 1 aliphatic rings. The molecule has 0 amide bonds. The molecule has 3 rings (SSSR count). The molecule has 17 heavy (non-hydrogen) atoms. The average molecular weight is 251 g/mol. The standard InChI is InChI=1S/C12H11ClN2O2/c1-7-10(14)11(17-15-7)12(6-16-12)8-2-4-9(13)5-3-8/h2-5H,6,14H2,1H3. The third-order valence-corrected chi connectivity index (χ3v) is 3.27. The lowest BCUT2D eigenvalue weighted by Crippen LogP contribution is -2.11. The Kier molecular flexibility index (Phi) is 2.18. The number of rotatable bonds is 2. The molecule has 0 saturated carbocycles. The molecule has 0 radical (unpaired) electrons. The molecule has 2 heterocycles. The van der Waals surface area contributed by atoms with Gasteiger partial charge in [-0.3, -0.25) is 0 Å². The molecular formula is C12H11ClN2O2. The number of ether oxygens (including phenoxy) is 1. The quantitative estimate of drug-likeness (QED) is 0.832. The fourth-order valence-electron chi connectivity index (χ4n) is 1.89. The van der Waals surface area contributed by atoms with E-state index in [1.54, 1.807) is 6.92 Å². The Balaban J connectivity index is 2.07. The fraction of sp³-hybridized carbons (Fsp3) is 0.250.